The van der Waals surface area contributed by atoms with Crippen LogP contribution in [0.15, 0.2) is 6.07 Å². The fraction of sp³-hybridized carbons (Fsp3) is 0.682. The van der Waals surface area contributed by atoms with E-state index in [1.807, 2.05) is 19.9 Å². The summed E-state index contributed by atoms with van der Waals surface area (Å²) in [5, 5.41) is 9.27. The average Bonchev–Trinajstić information content (AvgIpc) is 3.18. The quantitative estimate of drug-likeness (QED) is 0.804. The van der Waals surface area contributed by atoms with Gasteiger partial charge < -0.3 is 14.5 Å². The molecular formula is C22H30N4O2. The maximum absolute atomic E-state index is 12.5. The van der Waals surface area contributed by atoms with Gasteiger partial charge in [0.2, 0.25) is 5.91 Å². The molecular weight excluding hydrogens is 352 g/mol. The molecule has 28 heavy (non-hydrogen) atoms. The number of hydrogen-bond acceptors (Lipinski definition) is 5. The van der Waals surface area contributed by atoms with Crippen molar-refractivity contribution in [1.82, 2.24) is 9.88 Å². The number of carbonyl (C=O) groups excluding carboxylic acids is 1. The monoisotopic (exact) mass is 382 g/mol. The minimum Gasteiger partial charge on any atom is -0.376 e. The lowest BCUT2D eigenvalue weighted by Gasteiger charge is -2.48. The van der Waals surface area contributed by atoms with E-state index >= 15 is 0 Å². The lowest BCUT2D eigenvalue weighted by atomic mass is 9.72. The van der Waals surface area contributed by atoms with Crippen molar-refractivity contribution in [3.05, 3.63) is 22.9 Å². The Morgan fingerprint density at radius 2 is 2.11 bits per heavy atom. The van der Waals surface area contributed by atoms with E-state index in [0.717, 1.165) is 82.0 Å². The molecule has 150 valence electrons. The SMILES string of the molecule is Cc1cc(N2CCC3(CCC(=O)N(C[C@H]4CCCO4)C3)CC2)nc(C)c1C#N. The Kier molecular flexibility index (Phi) is 5.29. The Morgan fingerprint density at radius 3 is 2.75 bits per heavy atom. The van der Waals surface area contributed by atoms with Gasteiger partial charge >= 0.3 is 0 Å². The zero-order valence-electron chi connectivity index (χ0n) is 17.0. The second-order valence-electron chi connectivity index (χ2n) is 8.77. The third-order valence-electron chi connectivity index (χ3n) is 6.84. The second-order valence-corrected chi connectivity index (χ2v) is 8.77. The number of rotatable bonds is 3. The number of likely N-dealkylation sites (tertiary alicyclic amines) is 1. The Bertz CT molecular complexity index is 763. The molecule has 3 fully saturated rings. The summed E-state index contributed by atoms with van der Waals surface area (Å²) in [6, 6.07) is 4.29. The lowest BCUT2D eigenvalue weighted by molar-refractivity contribution is -0.140. The molecule has 1 spiro atoms. The van der Waals surface area contributed by atoms with Gasteiger partial charge in [0.25, 0.3) is 0 Å². The van der Waals surface area contributed by atoms with Crippen LogP contribution in [0, 0.1) is 30.6 Å². The molecule has 0 bridgehead atoms. The first-order valence-corrected chi connectivity index (χ1v) is 10.5. The number of pyridine rings is 1. The summed E-state index contributed by atoms with van der Waals surface area (Å²) >= 11 is 0. The third-order valence-corrected chi connectivity index (χ3v) is 6.84. The second kappa shape index (κ2) is 7.71. The summed E-state index contributed by atoms with van der Waals surface area (Å²) < 4.78 is 5.76. The maximum Gasteiger partial charge on any atom is 0.222 e. The number of nitriles is 1. The van der Waals surface area contributed by atoms with Gasteiger partial charge in [-0.25, -0.2) is 4.98 Å². The van der Waals surface area contributed by atoms with Crippen LogP contribution in [0.5, 0.6) is 0 Å². The fourth-order valence-electron chi connectivity index (χ4n) is 5.06. The van der Waals surface area contributed by atoms with E-state index in [9.17, 15) is 10.1 Å². The first-order chi connectivity index (χ1) is 13.5. The fourth-order valence-corrected chi connectivity index (χ4v) is 5.06. The standard InChI is InChI=1S/C22H30N4O2/c1-16-12-20(24-17(2)19(16)13-23)25-9-7-22(8-10-25)6-5-21(27)26(15-22)14-18-4-3-11-28-18/h12,18H,3-11,14-15H2,1-2H3/t18-/m1/s1. The number of hydrogen-bond donors (Lipinski definition) is 0. The first-order valence-electron chi connectivity index (χ1n) is 10.5. The number of piperidine rings is 2. The zero-order valence-corrected chi connectivity index (χ0v) is 17.0. The molecule has 4 heterocycles. The van der Waals surface area contributed by atoms with Gasteiger partial charge in [0, 0.05) is 39.2 Å². The van der Waals surface area contributed by atoms with Crippen LogP contribution in [-0.4, -0.2) is 54.7 Å². The predicted molar refractivity (Wildman–Crippen MR) is 107 cm³/mol. The molecule has 1 aromatic rings. The number of anilines is 1. The van der Waals surface area contributed by atoms with Crippen LogP contribution in [0.25, 0.3) is 0 Å². The molecule has 4 rings (SSSR count). The van der Waals surface area contributed by atoms with Crippen molar-refractivity contribution in [2.75, 3.05) is 37.7 Å². The van der Waals surface area contributed by atoms with Crippen LogP contribution in [-0.2, 0) is 9.53 Å². The lowest BCUT2D eigenvalue weighted by Crippen LogP contribution is -2.53. The molecule has 0 aliphatic carbocycles. The van der Waals surface area contributed by atoms with Gasteiger partial charge in [0.15, 0.2) is 0 Å². The van der Waals surface area contributed by atoms with E-state index in [0.29, 0.717) is 17.9 Å². The van der Waals surface area contributed by atoms with Crippen molar-refractivity contribution in [3.8, 4) is 6.07 Å². The highest BCUT2D eigenvalue weighted by atomic mass is 16.5. The average molecular weight is 383 g/mol. The highest BCUT2D eigenvalue weighted by Crippen LogP contribution is 2.41. The predicted octanol–water partition coefficient (Wildman–Crippen LogP) is 2.96. The molecule has 0 unspecified atom stereocenters. The number of aromatic nitrogens is 1. The maximum atomic E-state index is 12.5. The zero-order chi connectivity index (χ0) is 19.7. The number of carbonyl (C=O) groups is 1. The van der Waals surface area contributed by atoms with Crippen molar-refractivity contribution in [2.45, 2.75) is 58.5 Å². The smallest absolute Gasteiger partial charge is 0.222 e. The topological polar surface area (TPSA) is 69.5 Å². The largest absolute Gasteiger partial charge is 0.376 e. The van der Waals surface area contributed by atoms with Crippen molar-refractivity contribution >= 4 is 11.7 Å². The highest BCUT2D eigenvalue weighted by Gasteiger charge is 2.41. The molecule has 1 aromatic heterocycles. The Balaban J connectivity index is 1.41. The van der Waals surface area contributed by atoms with Crippen molar-refractivity contribution in [3.63, 3.8) is 0 Å². The summed E-state index contributed by atoms with van der Waals surface area (Å²) in [6.45, 7) is 8.29. The van der Waals surface area contributed by atoms with Crippen LogP contribution in [0.1, 0.15) is 55.3 Å². The van der Waals surface area contributed by atoms with E-state index < -0.39 is 0 Å². The molecule has 0 N–H and O–H groups in total. The first kappa shape index (κ1) is 19.2. The molecule has 3 aliphatic heterocycles. The van der Waals surface area contributed by atoms with E-state index in [4.69, 9.17) is 4.74 Å². The molecule has 3 aliphatic rings. The number of nitrogens with zero attached hydrogens (tertiary/aromatic N) is 4. The summed E-state index contributed by atoms with van der Waals surface area (Å²) in [4.78, 5) is 21.5. The van der Waals surface area contributed by atoms with Crippen molar-refractivity contribution < 1.29 is 9.53 Å². The molecule has 3 saturated heterocycles. The number of ether oxygens (including phenoxy) is 1. The van der Waals surface area contributed by atoms with Gasteiger partial charge in [0.05, 0.1) is 17.4 Å². The molecule has 6 heteroatoms. The van der Waals surface area contributed by atoms with Gasteiger partial charge in [-0.2, -0.15) is 5.26 Å². The summed E-state index contributed by atoms with van der Waals surface area (Å²) in [7, 11) is 0. The van der Waals surface area contributed by atoms with Crippen LogP contribution < -0.4 is 4.90 Å². The molecule has 6 nitrogen and oxygen atoms in total. The number of amides is 1. The van der Waals surface area contributed by atoms with E-state index in [1.165, 1.54) is 0 Å². The van der Waals surface area contributed by atoms with E-state index in [2.05, 4.69) is 20.9 Å². The van der Waals surface area contributed by atoms with Crippen molar-refractivity contribution in [1.29, 1.82) is 5.26 Å². The Labute approximate surface area is 167 Å². The van der Waals surface area contributed by atoms with Gasteiger partial charge in [-0.05, 0) is 63.0 Å². The van der Waals surface area contributed by atoms with Crippen LogP contribution >= 0.6 is 0 Å². The van der Waals surface area contributed by atoms with Crippen molar-refractivity contribution in [2.24, 2.45) is 5.41 Å². The Hall–Kier alpha value is -2.13. The van der Waals surface area contributed by atoms with Gasteiger partial charge in [-0.3, -0.25) is 4.79 Å². The van der Waals surface area contributed by atoms with Crippen LogP contribution in [0.2, 0.25) is 0 Å². The molecule has 1 atom stereocenters. The summed E-state index contributed by atoms with van der Waals surface area (Å²) in [5.41, 5.74) is 2.73. The van der Waals surface area contributed by atoms with E-state index in [1.54, 1.807) is 0 Å². The van der Waals surface area contributed by atoms with Gasteiger partial charge in [-0.15, -0.1) is 0 Å². The van der Waals surface area contributed by atoms with Gasteiger partial charge in [-0.1, -0.05) is 0 Å². The summed E-state index contributed by atoms with van der Waals surface area (Å²) in [6.07, 6.45) is 6.26. The minimum absolute atomic E-state index is 0.230. The van der Waals surface area contributed by atoms with E-state index in [-0.39, 0.29) is 11.5 Å². The minimum atomic E-state index is 0.230. The molecule has 1 amide bonds. The van der Waals surface area contributed by atoms with Crippen LogP contribution in [0.3, 0.4) is 0 Å². The number of aryl methyl sites for hydroxylation is 2. The third kappa shape index (κ3) is 3.73. The van der Waals surface area contributed by atoms with Crippen LogP contribution in [0.4, 0.5) is 5.82 Å². The molecule has 0 saturated carbocycles. The summed E-state index contributed by atoms with van der Waals surface area (Å²) in [5.74, 6) is 1.27. The molecule has 0 radical (unpaired) electrons. The molecule has 0 aromatic carbocycles. The normalized spacial score (nSPS) is 24.6. The highest BCUT2D eigenvalue weighted by molar-refractivity contribution is 5.77. The van der Waals surface area contributed by atoms with Gasteiger partial charge in [0.1, 0.15) is 11.9 Å². The Morgan fingerprint density at radius 1 is 1.32 bits per heavy atom.